The van der Waals surface area contributed by atoms with Crippen LogP contribution in [0, 0.1) is 11.8 Å². The number of carboxylic acid groups (broad SMARTS) is 1. The van der Waals surface area contributed by atoms with Gasteiger partial charge in [-0.15, -0.1) is 0 Å². The topological polar surface area (TPSA) is 87.7 Å². The van der Waals surface area contributed by atoms with Crippen LogP contribution in [0.2, 0.25) is 0 Å². The van der Waals surface area contributed by atoms with Crippen molar-refractivity contribution in [2.75, 3.05) is 20.3 Å². The number of hydrogen-bond donors (Lipinski definition) is 3. The van der Waals surface area contributed by atoms with E-state index in [-0.39, 0.29) is 23.9 Å². The van der Waals surface area contributed by atoms with Gasteiger partial charge in [-0.25, -0.2) is 4.79 Å². The summed E-state index contributed by atoms with van der Waals surface area (Å²) >= 11 is 0. The highest BCUT2D eigenvalue weighted by atomic mass is 16.5. The normalized spacial score (nSPS) is 24.5. The number of carbonyl (C=O) groups is 2. The van der Waals surface area contributed by atoms with Gasteiger partial charge in [-0.1, -0.05) is 13.3 Å². The molecule has 1 saturated carbocycles. The van der Waals surface area contributed by atoms with Crippen LogP contribution >= 0.6 is 0 Å². The van der Waals surface area contributed by atoms with Gasteiger partial charge in [0.25, 0.3) is 0 Å². The molecule has 0 bridgehead atoms. The number of hydrogen-bond acceptors (Lipinski definition) is 3. The van der Waals surface area contributed by atoms with Crippen LogP contribution in [-0.4, -0.2) is 43.4 Å². The Balaban J connectivity index is 2.26. The highest BCUT2D eigenvalue weighted by molar-refractivity contribution is 5.74. The number of rotatable bonds is 6. The third-order valence-corrected chi connectivity index (χ3v) is 3.42. The van der Waals surface area contributed by atoms with Crippen LogP contribution in [0.5, 0.6) is 0 Å². The second-order valence-electron chi connectivity index (χ2n) is 5.31. The molecule has 0 aromatic rings. The van der Waals surface area contributed by atoms with E-state index in [1.807, 2.05) is 6.92 Å². The molecule has 0 radical (unpaired) electrons. The summed E-state index contributed by atoms with van der Waals surface area (Å²) in [6.07, 6.45) is 2.93. The zero-order valence-corrected chi connectivity index (χ0v) is 11.6. The zero-order chi connectivity index (χ0) is 14.3. The van der Waals surface area contributed by atoms with Crippen LogP contribution in [0.4, 0.5) is 4.79 Å². The fourth-order valence-electron chi connectivity index (χ4n) is 2.39. The second kappa shape index (κ2) is 7.99. The summed E-state index contributed by atoms with van der Waals surface area (Å²) in [6, 6.07) is -0.258. The molecule has 0 aromatic carbocycles. The summed E-state index contributed by atoms with van der Waals surface area (Å²) in [5.41, 5.74) is 0. The van der Waals surface area contributed by atoms with Gasteiger partial charge in [0.2, 0.25) is 0 Å². The van der Waals surface area contributed by atoms with E-state index in [0.29, 0.717) is 26.0 Å². The molecule has 6 nitrogen and oxygen atoms in total. The first-order chi connectivity index (χ1) is 9.02. The Hall–Kier alpha value is -1.30. The van der Waals surface area contributed by atoms with Crippen molar-refractivity contribution in [3.63, 3.8) is 0 Å². The standard InChI is InChI=1S/C13H24N2O4/c1-9(8-19-2)7-14-13(18)15-11-5-3-4-10(6-11)12(16)17/h9-11H,3-8H2,1-2H3,(H,16,17)(H2,14,15,18). The Labute approximate surface area is 113 Å². The van der Waals surface area contributed by atoms with E-state index >= 15 is 0 Å². The third kappa shape index (κ3) is 5.92. The van der Waals surface area contributed by atoms with Gasteiger partial charge in [-0.3, -0.25) is 4.79 Å². The molecule has 6 heteroatoms. The molecule has 3 N–H and O–H groups in total. The van der Waals surface area contributed by atoms with Crippen LogP contribution in [0.3, 0.4) is 0 Å². The predicted octanol–water partition coefficient (Wildman–Crippen LogP) is 1.21. The van der Waals surface area contributed by atoms with E-state index in [0.717, 1.165) is 12.8 Å². The summed E-state index contributed by atoms with van der Waals surface area (Å²) in [7, 11) is 1.63. The Morgan fingerprint density at radius 1 is 1.42 bits per heavy atom. The molecule has 1 fully saturated rings. The molecule has 19 heavy (non-hydrogen) atoms. The van der Waals surface area contributed by atoms with Gasteiger partial charge in [0, 0.05) is 19.7 Å². The first-order valence-electron chi connectivity index (χ1n) is 6.79. The second-order valence-corrected chi connectivity index (χ2v) is 5.31. The molecule has 1 aliphatic carbocycles. The van der Waals surface area contributed by atoms with Crippen LogP contribution in [0.15, 0.2) is 0 Å². The summed E-state index contributed by atoms with van der Waals surface area (Å²) < 4.78 is 4.99. The van der Waals surface area contributed by atoms with Crippen molar-refractivity contribution >= 4 is 12.0 Å². The molecule has 0 spiro atoms. The average molecular weight is 272 g/mol. The minimum atomic E-state index is -0.763. The summed E-state index contributed by atoms with van der Waals surface area (Å²) in [5.74, 6) is -0.832. The third-order valence-electron chi connectivity index (χ3n) is 3.42. The summed E-state index contributed by atoms with van der Waals surface area (Å²) in [4.78, 5) is 22.6. The van der Waals surface area contributed by atoms with Gasteiger partial charge >= 0.3 is 12.0 Å². The fourth-order valence-corrected chi connectivity index (χ4v) is 2.39. The van der Waals surface area contributed by atoms with Crippen LogP contribution in [0.25, 0.3) is 0 Å². The van der Waals surface area contributed by atoms with Crippen molar-refractivity contribution in [1.29, 1.82) is 0 Å². The minimum absolute atomic E-state index is 0.0346. The molecule has 3 atom stereocenters. The Kier molecular flexibility index (Phi) is 6.62. The SMILES string of the molecule is COCC(C)CNC(=O)NC1CCCC(C(=O)O)C1. The fraction of sp³-hybridized carbons (Fsp3) is 0.846. The molecule has 0 heterocycles. The minimum Gasteiger partial charge on any atom is -0.481 e. The molecule has 3 unspecified atom stereocenters. The van der Waals surface area contributed by atoms with Crippen LogP contribution < -0.4 is 10.6 Å². The number of aliphatic carboxylic acids is 1. The van der Waals surface area contributed by atoms with Crippen molar-refractivity contribution in [3.05, 3.63) is 0 Å². The van der Waals surface area contributed by atoms with E-state index in [2.05, 4.69) is 10.6 Å². The van der Waals surface area contributed by atoms with Gasteiger partial charge in [-0.05, 0) is 25.2 Å². The lowest BCUT2D eigenvalue weighted by Crippen LogP contribution is -2.46. The largest absolute Gasteiger partial charge is 0.481 e. The Morgan fingerprint density at radius 2 is 2.16 bits per heavy atom. The molecule has 110 valence electrons. The summed E-state index contributed by atoms with van der Waals surface area (Å²) in [6.45, 7) is 3.14. The maximum atomic E-state index is 11.7. The van der Waals surface area contributed by atoms with Crippen LogP contribution in [0.1, 0.15) is 32.6 Å². The molecule has 1 aliphatic rings. The molecular weight excluding hydrogens is 248 g/mol. The van der Waals surface area contributed by atoms with Gasteiger partial charge < -0.3 is 20.5 Å². The van der Waals surface area contributed by atoms with Crippen molar-refractivity contribution in [1.82, 2.24) is 10.6 Å². The molecular formula is C13H24N2O4. The lowest BCUT2D eigenvalue weighted by Gasteiger charge is -2.27. The Morgan fingerprint density at radius 3 is 2.79 bits per heavy atom. The van der Waals surface area contributed by atoms with Crippen LogP contribution in [-0.2, 0) is 9.53 Å². The highest BCUT2D eigenvalue weighted by Gasteiger charge is 2.27. The first-order valence-corrected chi connectivity index (χ1v) is 6.79. The first kappa shape index (κ1) is 15.8. The predicted molar refractivity (Wildman–Crippen MR) is 71.0 cm³/mol. The number of carboxylic acids is 1. The van der Waals surface area contributed by atoms with Gasteiger partial charge in [-0.2, -0.15) is 0 Å². The Bertz CT molecular complexity index is 309. The molecule has 0 saturated heterocycles. The maximum Gasteiger partial charge on any atom is 0.315 e. The van der Waals surface area contributed by atoms with Crippen molar-refractivity contribution in [2.24, 2.45) is 11.8 Å². The van der Waals surface area contributed by atoms with E-state index in [9.17, 15) is 9.59 Å². The van der Waals surface area contributed by atoms with Crippen molar-refractivity contribution < 1.29 is 19.4 Å². The number of ether oxygens (including phenoxy) is 1. The average Bonchev–Trinajstić information content (AvgIpc) is 2.37. The summed E-state index contributed by atoms with van der Waals surface area (Å²) in [5, 5.41) is 14.6. The highest BCUT2D eigenvalue weighted by Crippen LogP contribution is 2.24. The van der Waals surface area contributed by atoms with E-state index in [1.54, 1.807) is 7.11 Å². The van der Waals surface area contributed by atoms with E-state index < -0.39 is 5.97 Å². The van der Waals surface area contributed by atoms with Gasteiger partial charge in [0.05, 0.1) is 12.5 Å². The molecule has 1 rings (SSSR count). The monoisotopic (exact) mass is 272 g/mol. The quantitative estimate of drug-likeness (QED) is 0.678. The number of nitrogens with one attached hydrogen (secondary N) is 2. The van der Waals surface area contributed by atoms with Gasteiger partial charge in [0.1, 0.15) is 0 Å². The van der Waals surface area contributed by atoms with E-state index in [1.165, 1.54) is 0 Å². The zero-order valence-electron chi connectivity index (χ0n) is 11.6. The van der Waals surface area contributed by atoms with Gasteiger partial charge in [0.15, 0.2) is 0 Å². The van der Waals surface area contributed by atoms with Crippen molar-refractivity contribution in [2.45, 2.75) is 38.6 Å². The number of amides is 2. The lowest BCUT2D eigenvalue weighted by molar-refractivity contribution is -0.143. The number of methoxy groups -OCH3 is 1. The van der Waals surface area contributed by atoms with E-state index in [4.69, 9.17) is 9.84 Å². The molecule has 2 amide bonds. The lowest BCUT2D eigenvalue weighted by atomic mass is 9.86. The smallest absolute Gasteiger partial charge is 0.315 e. The number of carbonyl (C=O) groups excluding carboxylic acids is 1. The van der Waals surface area contributed by atoms with Crippen molar-refractivity contribution in [3.8, 4) is 0 Å². The number of urea groups is 1. The molecule has 0 aromatic heterocycles. The molecule has 0 aliphatic heterocycles. The maximum absolute atomic E-state index is 11.7.